The standard InChI is InChI=1S/C45H81NO7/c1-6-8-10-12-14-16-18-20-21-22-23-24-26-28-30-32-34-36-44(48)53-41(39-51-38-37-42(45(49)50)46(3,4)5)40-52-43(47)35-33-31-29-27-25-19-17-15-13-11-9-7-2/h14-17,20-21,41-42H,6-13,18-19,22-40H2,1-5H3/b16-14-,17-15-,21-20-. The highest BCUT2D eigenvalue weighted by molar-refractivity contribution is 5.70. The maximum atomic E-state index is 12.7. The first-order chi connectivity index (χ1) is 25.6. The van der Waals surface area contributed by atoms with Crippen molar-refractivity contribution < 1.29 is 38.2 Å². The van der Waals surface area contributed by atoms with E-state index in [1.807, 2.05) is 0 Å². The summed E-state index contributed by atoms with van der Waals surface area (Å²) in [6.07, 6.45) is 40.2. The van der Waals surface area contributed by atoms with Gasteiger partial charge in [-0.1, -0.05) is 127 Å². The first-order valence-corrected chi connectivity index (χ1v) is 21.5. The molecule has 8 nitrogen and oxygen atoms in total. The molecular formula is C45H81NO7. The predicted molar refractivity (Wildman–Crippen MR) is 217 cm³/mol. The number of hydrogen-bond donors (Lipinski definition) is 0. The number of carbonyl (C=O) groups is 3. The van der Waals surface area contributed by atoms with Crippen LogP contribution in [0.2, 0.25) is 0 Å². The van der Waals surface area contributed by atoms with Gasteiger partial charge in [-0.3, -0.25) is 9.59 Å². The number of esters is 2. The van der Waals surface area contributed by atoms with Gasteiger partial charge in [-0.05, 0) is 70.6 Å². The fourth-order valence-electron chi connectivity index (χ4n) is 6.09. The molecular weight excluding hydrogens is 666 g/mol. The minimum Gasteiger partial charge on any atom is -0.544 e. The molecule has 53 heavy (non-hydrogen) atoms. The summed E-state index contributed by atoms with van der Waals surface area (Å²) in [6.45, 7) is 4.59. The lowest BCUT2D eigenvalue weighted by Crippen LogP contribution is -2.55. The number of quaternary nitrogens is 1. The molecule has 2 atom stereocenters. The Kier molecular flexibility index (Phi) is 34.8. The van der Waals surface area contributed by atoms with Gasteiger partial charge in [0.15, 0.2) is 6.10 Å². The normalized spacial score (nSPS) is 13.3. The first kappa shape index (κ1) is 50.5. The van der Waals surface area contributed by atoms with E-state index in [2.05, 4.69) is 50.3 Å². The third-order valence-electron chi connectivity index (χ3n) is 9.50. The van der Waals surface area contributed by atoms with Crippen molar-refractivity contribution in [2.75, 3.05) is 41.0 Å². The Labute approximate surface area is 325 Å². The summed E-state index contributed by atoms with van der Waals surface area (Å²) in [7, 11) is 5.40. The number of carboxylic acid groups (broad SMARTS) is 1. The van der Waals surface area contributed by atoms with Crippen LogP contribution in [0.25, 0.3) is 0 Å². The summed E-state index contributed by atoms with van der Waals surface area (Å²) in [5.74, 6) is -1.76. The van der Waals surface area contributed by atoms with Crippen molar-refractivity contribution in [1.29, 1.82) is 0 Å². The maximum Gasteiger partial charge on any atom is 0.306 e. The number of nitrogens with zero attached hydrogens (tertiary/aromatic N) is 1. The smallest absolute Gasteiger partial charge is 0.306 e. The van der Waals surface area contributed by atoms with Gasteiger partial charge in [-0.15, -0.1) is 0 Å². The summed E-state index contributed by atoms with van der Waals surface area (Å²) >= 11 is 0. The molecule has 0 saturated heterocycles. The van der Waals surface area contributed by atoms with Gasteiger partial charge in [-0.25, -0.2) is 0 Å². The van der Waals surface area contributed by atoms with Crippen LogP contribution in [0.1, 0.15) is 181 Å². The van der Waals surface area contributed by atoms with Gasteiger partial charge in [0.25, 0.3) is 0 Å². The van der Waals surface area contributed by atoms with E-state index in [0.29, 0.717) is 12.8 Å². The van der Waals surface area contributed by atoms with E-state index in [4.69, 9.17) is 14.2 Å². The van der Waals surface area contributed by atoms with Gasteiger partial charge in [-0.2, -0.15) is 0 Å². The fourth-order valence-corrected chi connectivity index (χ4v) is 6.09. The SMILES string of the molecule is CCCCC/C=C\C/C=C\CCCCCCCCCC(=O)OC(COCCC(C(=O)[O-])[N+](C)(C)C)COC(=O)CCCCCCC/C=C\CCCCC. The summed E-state index contributed by atoms with van der Waals surface area (Å²) < 4.78 is 17.1. The topological polar surface area (TPSA) is 102 Å². The van der Waals surface area contributed by atoms with Crippen LogP contribution in [0.5, 0.6) is 0 Å². The highest BCUT2D eigenvalue weighted by atomic mass is 16.6. The van der Waals surface area contributed by atoms with Gasteiger partial charge in [0.2, 0.25) is 0 Å². The molecule has 0 aromatic rings. The third-order valence-corrected chi connectivity index (χ3v) is 9.50. The van der Waals surface area contributed by atoms with Crippen LogP contribution in [0.3, 0.4) is 0 Å². The highest BCUT2D eigenvalue weighted by Gasteiger charge is 2.25. The number of carboxylic acids is 1. The Morgan fingerprint density at radius 3 is 1.47 bits per heavy atom. The number of likely N-dealkylation sites (N-methyl/N-ethyl adjacent to an activating group) is 1. The number of rotatable bonds is 38. The summed E-state index contributed by atoms with van der Waals surface area (Å²) in [6, 6.07) is -0.727. The highest BCUT2D eigenvalue weighted by Crippen LogP contribution is 2.13. The Bertz CT molecular complexity index is 968. The van der Waals surface area contributed by atoms with E-state index in [1.165, 1.54) is 83.5 Å². The van der Waals surface area contributed by atoms with E-state index in [-0.39, 0.29) is 42.7 Å². The van der Waals surface area contributed by atoms with Crippen molar-refractivity contribution in [3.63, 3.8) is 0 Å². The number of allylic oxidation sites excluding steroid dienone is 6. The Morgan fingerprint density at radius 1 is 0.566 bits per heavy atom. The van der Waals surface area contributed by atoms with E-state index in [1.54, 1.807) is 21.1 Å². The van der Waals surface area contributed by atoms with Crippen molar-refractivity contribution in [1.82, 2.24) is 0 Å². The van der Waals surface area contributed by atoms with Crippen molar-refractivity contribution in [3.8, 4) is 0 Å². The molecule has 0 bridgehead atoms. The number of ether oxygens (including phenoxy) is 3. The summed E-state index contributed by atoms with van der Waals surface area (Å²) in [5.41, 5.74) is 0. The molecule has 0 amide bonds. The van der Waals surface area contributed by atoms with Crippen LogP contribution in [-0.4, -0.2) is 75.5 Å². The average Bonchev–Trinajstić information content (AvgIpc) is 3.11. The second kappa shape index (κ2) is 36.5. The Morgan fingerprint density at radius 2 is 1.00 bits per heavy atom. The molecule has 308 valence electrons. The Balaban J connectivity index is 4.37. The van der Waals surface area contributed by atoms with E-state index < -0.39 is 18.1 Å². The van der Waals surface area contributed by atoms with Crippen LogP contribution in [-0.2, 0) is 28.6 Å². The second-order valence-electron chi connectivity index (χ2n) is 15.6. The Hall–Kier alpha value is -2.45. The quantitative estimate of drug-likeness (QED) is 0.0268. The predicted octanol–water partition coefficient (Wildman–Crippen LogP) is 10.1. The number of aliphatic carboxylic acids is 1. The zero-order valence-electron chi connectivity index (χ0n) is 34.9. The lowest BCUT2D eigenvalue weighted by Gasteiger charge is -2.34. The van der Waals surface area contributed by atoms with E-state index in [0.717, 1.165) is 64.2 Å². The molecule has 0 fully saturated rings. The van der Waals surface area contributed by atoms with Crippen LogP contribution in [0.4, 0.5) is 0 Å². The summed E-state index contributed by atoms with van der Waals surface area (Å²) in [5, 5.41) is 11.6. The average molecular weight is 748 g/mol. The molecule has 0 saturated carbocycles. The molecule has 0 aromatic heterocycles. The number of carbonyl (C=O) groups excluding carboxylic acids is 3. The van der Waals surface area contributed by atoms with Crippen molar-refractivity contribution in [3.05, 3.63) is 36.5 Å². The minimum absolute atomic E-state index is 0.0356. The summed E-state index contributed by atoms with van der Waals surface area (Å²) in [4.78, 5) is 36.8. The van der Waals surface area contributed by atoms with E-state index >= 15 is 0 Å². The van der Waals surface area contributed by atoms with Gasteiger partial charge in [0.1, 0.15) is 12.6 Å². The molecule has 0 aliphatic heterocycles. The molecule has 0 spiro atoms. The monoisotopic (exact) mass is 748 g/mol. The minimum atomic E-state index is -1.13. The van der Waals surface area contributed by atoms with Crippen LogP contribution < -0.4 is 5.11 Å². The lowest BCUT2D eigenvalue weighted by molar-refractivity contribution is -0.889. The molecule has 0 aromatic carbocycles. The van der Waals surface area contributed by atoms with Crippen molar-refractivity contribution >= 4 is 17.9 Å². The molecule has 0 heterocycles. The van der Waals surface area contributed by atoms with Crippen molar-refractivity contribution in [2.24, 2.45) is 0 Å². The van der Waals surface area contributed by atoms with Crippen LogP contribution in [0.15, 0.2) is 36.5 Å². The van der Waals surface area contributed by atoms with Gasteiger partial charge < -0.3 is 28.6 Å². The van der Waals surface area contributed by atoms with E-state index in [9.17, 15) is 19.5 Å². The molecule has 0 aliphatic carbocycles. The third kappa shape index (κ3) is 35.0. The first-order valence-electron chi connectivity index (χ1n) is 21.5. The van der Waals surface area contributed by atoms with Crippen molar-refractivity contribution in [2.45, 2.75) is 193 Å². The lowest BCUT2D eigenvalue weighted by atomic mass is 10.1. The second-order valence-corrected chi connectivity index (χ2v) is 15.6. The van der Waals surface area contributed by atoms with Crippen LogP contribution in [0, 0.1) is 0 Å². The fraction of sp³-hybridized carbons (Fsp3) is 0.800. The molecule has 0 aliphatic rings. The number of hydrogen-bond acceptors (Lipinski definition) is 7. The molecule has 0 radical (unpaired) electrons. The zero-order chi connectivity index (χ0) is 39.3. The van der Waals surface area contributed by atoms with Gasteiger partial charge in [0.05, 0.1) is 40.3 Å². The molecule has 8 heteroatoms. The number of unbranched alkanes of at least 4 members (excludes halogenated alkanes) is 18. The largest absolute Gasteiger partial charge is 0.544 e. The maximum absolute atomic E-state index is 12.7. The molecule has 0 rings (SSSR count). The van der Waals surface area contributed by atoms with Crippen LogP contribution >= 0.6 is 0 Å². The molecule has 0 N–H and O–H groups in total. The molecule has 2 unspecified atom stereocenters. The van der Waals surface area contributed by atoms with Gasteiger partial charge in [0, 0.05) is 19.3 Å². The van der Waals surface area contributed by atoms with Gasteiger partial charge >= 0.3 is 11.9 Å². The zero-order valence-corrected chi connectivity index (χ0v) is 34.9.